The van der Waals surface area contributed by atoms with Crippen LogP contribution in [0.3, 0.4) is 0 Å². The first kappa shape index (κ1) is 39.8. The summed E-state index contributed by atoms with van der Waals surface area (Å²) in [6.45, 7) is 30.0. The van der Waals surface area contributed by atoms with E-state index in [1.54, 1.807) is 6.08 Å². The van der Waals surface area contributed by atoms with Gasteiger partial charge in [-0.3, -0.25) is 0 Å². The highest BCUT2D eigenvalue weighted by molar-refractivity contribution is 7.23. The van der Waals surface area contributed by atoms with Gasteiger partial charge in [0.1, 0.15) is 0 Å². The molecule has 6 rings (SSSR count). The second-order valence-electron chi connectivity index (χ2n) is 9.73. The molecule has 0 bridgehead atoms. The quantitative estimate of drug-likeness (QED) is 0.136. The topological polar surface area (TPSA) is 0 Å². The van der Waals surface area contributed by atoms with E-state index in [1.807, 2.05) is 85.0 Å². The molecule has 242 valence electrons. The van der Waals surface area contributed by atoms with Crippen LogP contribution in [0.15, 0.2) is 104 Å². The fourth-order valence-corrected chi connectivity index (χ4v) is 7.65. The van der Waals surface area contributed by atoms with E-state index < -0.39 is 0 Å². The summed E-state index contributed by atoms with van der Waals surface area (Å²) in [6, 6.07) is 25.1. The fraction of sp³-hybridized carbons (Fsp3) is 0.349. The highest BCUT2D eigenvalue weighted by Crippen LogP contribution is 2.43. The number of aryl methyl sites for hydroxylation is 2. The van der Waals surface area contributed by atoms with Crippen molar-refractivity contribution in [1.29, 1.82) is 0 Å². The predicted molar refractivity (Wildman–Crippen MR) is 214 cm³/mol. The Morgan fingerprint density at radius 1 is 0.733 bits per heavy atom. The van der Waals surface area contributed by atoms with Gasteiger partial charge >= 0.3 is 0 Å². The van der Waals surface area contributed by atoms with Crippen LogP contribution in [0.4, 0.5) is 0 Å². The average molecular weight is 639 g/mol. The maximum atomic E-state index is 4.17. The van der Waals surface area contributed by atoms with E-state index >= 15 is 0 Å². The van der Waals surface area contributed by atoms with Crippen LogP contribution < -0.4 is 0 Å². The number of rotatable bonds is 4. The zero-order chi connectivity index (χ0) is 33.9. The zero-order valence-corrected chi connectivity index (χ0v) is 31.6. The first-order valence-corrected chi connectivity index (χ1v) is 18.7. The van der Waals surface area contributed by atoms with Gasteiger partial charge in [-0.2, -0.15) is 0 Å². The summed E-state index contributed by atoms with van der Waals surface area (Å²) in [5.41, 5.74) is 5.41. The van der Waals surface area contributed by atoms with Crippen molar-refractivity contribution in [3.63, 3.8) is 0 Å². The minimum absolute atomic E-state index is 0.585. The van der Waals surface area contributed by atoms with Gasteiger partial charge in [-0.05, 0) is 102 Å². The molecule has 2 heterocycles. The van der Waals surface area contributed by atoms with Crippen molar-refractivity contribution in [1.82, 2.24) is 0 Å². The summed E-state index contributed by atoms with van der Waals surface area (Å²) in [4.78, 5) is 5.56. The smallest absolute Gasteiger partial charge is 0.0449 e. The lowest BCUT2D eigenvalue weighted by Crippen LogP contribution is -1.99. The molecule has 1 unspecified atom stereocenters. The van der Waals surface area contributed by atoms with Gasteiger partial charge in [-0.1, -0.05) is 129 Å². The molecule has 2 heteroatoms. The van der Waals surface area contributed by atoms with Crippen LogP contribution >= 0.6 is 22.7 Å². The Morgan fingerprint density at radius 2 is 1.29 bits per heavy atom. The number of hydrogen-bond donors (Lipinski definition) is 0. The Morgan fingerprint density at radius 3 is 1.91 bits per heavy atom. The molecule has 0 N–H and O–H groups in total. The Bertz CT molecular complexity index is 1620. The number of fused-ring (bicyclic) bond motifs is 2. The van der Waals surface area contributed by atoms with Crippen molar-refractivity contribution < 1.29 is 0 Å². The van der Waals surface area contributed by atoms with Crippen LogP contribution in [0.5, 0.6) is 0 Å². The molecule has 5 aromatic rings. The van der Waals surface area contributed by atoms with Crippen molar-refractivity contribution in [3.05, 3.63) is 120 Å². The van der Waals surface area contributed by atoms with Gasteiger partial charge in [0.2, 0.25) is 0 Å². The molecule has 0 fully saturated rings. The molecule has 1 atom stereocenters. The lowest BCUT2D eigenvalue weighted by atomic mass is 9.90. The van der Waals surface area contributed by atoms with Crippen LogP contribution in [-0.2, 0) is 6.42 Å². The SMILES string of the molecule is C=C1C=CCC(c2ccc(-c3ccc(-c4ccc5c(C)c6ccccc6c(CC)c5c4)s3)s2)C1.C=CC.CC.CC.CC.CC. The van der Waals surface area contributed by atoms with Gasteiger partial charge in [0.25, 0.3) is 0 Å². The summed E-state index contributed by atoms with van der Waals surface area (Å²) in [5.74, 6) is 0.585. The summed E-state index contributed by atoms with van der Waals surface area (Å²) < 4.78 is 0. The summed E-state index contributed by atoms with van der Waals surface area (Å²) in [6.07, 6.45) is 9.44. The maximum absolute atomic E-state index is 4.17. The Balaban J connectivity index is 0.000000829. The van der Waals surface area contributed by atoms with Gasteiger partial charge in [0.05, 0.1) is 0 Å². The highest BCUT2D eigenvalue weighted by Gasteiger charge is 2.18. The number of thiophene rings is 2. The zero-order valence-electron chi connectivity index (χ0n) is 30.0. The van der Waals surface area contributed by atoms with Crippen molar-refractivity contribution in [3.8, 4) is 20.2 Å². The molecule has 0 saturated carbocycles. The first-order chi connectivity index (χ1) is 22.0. The largest absolute Gasteiger partial charge is 0.139 e. The van der Waals surface area contributed by atoms with Gasteiger partial charge in [0, 0.05) is 25.4 Å². The molecular weight excluding hydrogens is 581 g/mol. The highest BCUT2D eigenvalue weighted by atomic mass is 32.1. The van der Waals surface area contributed by atoms with Crippen molar-refractivity contribution in [2.24, 2.45) is 0 Å². The average Bonchev–Trinajstić information content (AvgIpc) is 3.80. The molecule has 0 amide bonds. The van der Waals surface area contributed by atoms with E-state index in [9.17, 15) is 0 Å². The summed E-state index contributed by atoms with van der Waals surface area (Å²) >= 11 is 3.86. The second kappa shape index (κ2) is 21.5. The molecule has 0 nitrogen and oxygen atoms in total. The summed E-state index contributed by atoms with van der Waals surface area (Å²) in [5, 5.41) is 5.55. The van der Waals surface area contributed by atoms with E-state index in [4.69, 9.17) is 0 Å². The Hall–Kier alpha value is -3.20. The maximum Gasteiger partial charge on any atom is 0.0449 e. The van der Waals surface area contributed by atoms with Crippen molar-refractivity contribution in [2.45, 2.75) is 101 Å². The molecule has 1 aliphatic carbocycles. The fourth-order valence-electron chi connectivity index (χ4n) is 5.43. The van der Waals surface area contributed by atoms with Crippen LogP contribution in [0.2, 0.25) is 0 Å². The standard InChI is InChI=1S/C32H28S2.C3H6.4C2H6/c1-4-24-27-11-6-5-10-25(27)21(3)26-13-12-23(19-28(24)26)30-15-17-32(34-30)31-16-14-29(33-31)22-9-7-8-20(2)18-22;1-3-2;4*1-2/h5-8,10-17,19,22H,2,4,9,18H2,1,3H3;3H,1H2,2H3;4*1-2H3. The number of hydrogen-bond acceptors (Lipinski definition) is 2. The number of benzene rings is 3. The van der Waals surface area contributed by atoms with E-state index in [0.717, 1.165) is 19.3 Å². The van der Waals surface area contributed by atoms with Gasteiger partial charge in [0.15, 0.2) is 0 Å². The molecule has 0 aliphatic heterocycles. The lowest BCUT2D eigenvalue weighted by molar-refractivity contribution is 0.695. The molecule has 3 aromatic carbocycles. The van der Waals surface area contributed by atoms with Gasteiger partial charge in [-0.25, -0.2) is 0 Å². The number of allylic oxidation sites excluding steroid dienone is 4. The van der Waals surface area contributed by atoms with Crippen molar-refractivity contribution >= 4 is 44.2 Å². The minimum atomic E-state index is 0.585. The van der Waals surface area contributed by atoms with Gasteiger partial charge in [-0.15, -0.1) is 29.3 Å². The normalized spacial score (nSPS) is 13.0. The molecule has 2 aromatic heterocycles. The van der Waals surface area contributed by atoms with E-state index in [1.165, 1.54) is 63.3 Å². The van der Waals surface area contributed by atoms with E-state index in [2.05, 4.69) is 106 Å². The van der Waals surface area contributed by atoms with Crippen LogP contribution in [0, 0.1) is 6.92 Å². The Kier molecular flexibility index (Phi) is 19.0. The van der Waals surface area contributed by atoms with Gasteiger partial charge < -0.3 is 0 Å². The molecule has 0 radical (unpaired) electrons. The van der Waals surface area contributed by atoms with Crippen LogP contribution in [0.1, 0.15) is 104 Å². The molecule has 1 aliphatic rings. The van der Waals surface area contributed by atoms with Crippen LogP contribution in [-0.4, -0.2) is 0 Å². The van der Waals surface area contributed by atoms with E-state index in [-0.39, 0.29) is 0 Å². The third-order valence-electron chi connectivity index (χ3n) is 7.20. The molecule has 0 saturated heterocycles. The Labute approximate surface area is 284 Å². The second-order valence-corrected chi connectivity index (χ2v) is 11.9. The summed E-state index contributed by atoms with van der Waals surface area (Å²) in [7, 11) is 0. The predicted octanol–water partition coefficient (Wildman–Crippen LogP) is 15.6. The van der Waals surface area contributed by atoms with Crippen LogP contribution in [0.25, 0.3) is 41.7 Å². The molecular formula is C43H58S2. The van der Waals surface area contributed by atoms with Crippen molar-refractivity contribution in [2.75, 3.05) is 0 Å². The third-order valence-corrected chi connectivity index (χ3v) is 9.78. The lowest BCUT2D eigenvalue weighted by Gasteiger charge is -2.17. The minimum Gasteiger partial charge on any atom is -0.139 e. The molecule has 45 heavy (non-hydrogen) atoms. The third kappa shape index (κ3) is 9.89. The van der Waals surface area contributed by atoms with E-state index in [0.29, 0.717) is 5.92 Å². The monoisotopic (exact) mass is 638 g/mol. The first-order valence-electron chi connectivity index (χ1n) is 17.1. The molecule has 0 spiro atoms.